The van der Waals surface area contributed by atoms with Gasteiger partial charge in [-0.2, -0.15) is 0 Å². The molecule has 88 valence electrons. The highest BCUT2D eigenvalue weighted by Gasteiger charge is 2.21. The van der Waals surface area contributed by atoms with Crippen molar-refractivity contribution < 1.29 is 17.6 Å². The lowest BCUT2D eigenvalue weighted by Crippen LogP contribution is -2.00. The number of rotatable bonds is 3. The van der Waals surface area contributed by atoms with E-state index in [1.807, 2.05) is 0 Å². The zero-order chi connectivity index (χ0) is 12.5. The molecular formula is C12H10O4S. The summed E-state index contributed by atoms with van der Waals surface area (Å²) >= 11 is 0. The molecule has 0 amide bonds. The smallest absolute Gasteiger partial charge is 0.239 e. The molecule has 0 fully saturated rings. The van der Waals surface area contributed by atoms with Crippen LogP contribution in [-0.4, -0.2) is 14.7 Å². The molecule has 0 aliphatic heterocycles. The molecule has 0 aliphatic carbocycles. The third-order valence-corrected chi connectivity index (χ3v) is 3.91. The Morgan fingerprint density at radius 1 is 1.18 bits per heavy atom. The first-order valence-electron chi connectivity index (χ1n) is 4.91. The van der Waals surface area contributed by atoms with Gasteiger partial charge in [-0.25, -0.2) is 8.42 Å². The van der Waals surface area contributed by atoms with E-state index < -0.39 is 9.84 Å². The minimum atomic E-state index is -3.68. The van der Waals surface area contributed by atoms with Gasteiger partial charge in [0.1, 0.15) is 0 Å². The van der Waals surface area contributed by atoms with Gasteiger partial charge in [0.25, 0.3) is 0 Å². The van der Waals surface area contributed by atoms with E-state index in [2.05, 4.69) is 0 Å². The highest BCUT2D eigenvalue weighted by atomic mass is 32.2. The van der Waals surface area contributed by atoms with E-state index in [1.54, 1.807) is 25.1 Å². The molecule has 0 spiro atoms. The van der Waals surface area contributed by atoms with E-state index in [9.17, 15) is 13.2 Å². The quantitative estimate of drug-likeness (QED) is 0.783. The molecule has 17 heavy (non-hydrogen) atoms. The third-order valence-electron chi connectivity index (χ3n) is 2.28. The summed E-state index contributed by atoms with van der Waals surface area (Å²) in [7, 11) is -3.68. The lowest BCUT2D eigenvalue weighted by molar-refractivity contribution is 0.109. The van der Waals surface area contributed by atoms with E-state index in [0.29, 0.717) is 6.29 Å². The van der Waals surface area contributed by atoms with Crippen molar-refractivity contribution in [2.24, 2.45) is 0 Å². The number of aldehydes is 1. The number of benzene rings is 1. The molecule has 0 saturated carbocycles. The SMILES string of the molecule is Cc1cccc(S(=O)(=O)c2ccc(C=O)o2)c1. The molecule has 0 bridgehead atoms. The largest absolute Gasteiger partial charge is 0.442 e. The Morgan fingerprint density at radius 3 is 2.53 bits per heavy atom. The lowest BCUT2D eigenvalue weighted by atomic mass is 10.2. The van der Waals surface area contributed by atoms with Crippen molar-refractivity contribution in [2.45, 2.75) is 16.9 Å². The second-order valence-corrected chi connectivity index (χ2v) is 5.48. The predicted octanol–water partition coefficient (Wildman–Crippen LogP) is 2.23. The number of hydrogen-bond acceptors (Lipinski definition) is 4. The molecule has 0 N–H and O–H groups in total. The standard InChI is InChI=1S/C12H10O4S/c1-9-3-2-4-11(7-9)17(14,15)12-6-5-10(8-13)16-12/h2-8H,1H3. The summed E-state index contributed by atoms with van der Waals surface area (Å²) in [6.07, 6.45) is 0.468. The minimum Gasteiger partial charge on any atom is -0.442 e. The minimum absolute atomic E-state index is 0.00349. The first-order valence-corrected chi connectivity index (χ1v) is 6.39. The molecular weight excluding hydrogens is 240 g/mol. The third kappa shape index (κ3) is 2.14. The van der Waals surface area contributed by atoms with Crippen LogP contribution in [0.1, 0.15) is 16.1 Å². The average molecular weight is 250 g/mol. The van der Waals surface area contributed by atoms with Crippen LogP contribution in [0.5, 0.6) is 0 Å². The maximum absolute atomic E-state index is 12.1. The molecule has 0 unspecified atom stereocenters. The van der Waals surface area contributed by atoms with Gasteiger partial charge >= 0.3 is 0 Å². The molecule has 1 aromatic carbocycles. The topological polar surface area (TPSA) is 64.3 Å². The Balaban J connectivity index is 2.53. The van der Waals surface area contributed by atoms with Crippen molar-refractivity contribution in [1.29, 1.82) is 0 Å². The molecule has 0 radical (unpaired) electrons. The van der Waals surface area contributed by atoms with E-state index in [4.69, 9.17) is 4.42 Å². The maximum atomic E-state index is 12.1. The summed E-state index contributed by atoms with van der Waals surface area (Å²) in [6.45, 7) is 1.80. The lowest BCUT2D eigenvalue weighted by Gasteiger charge is -2.01. The number of sulfone groups is 1. The fourth-order valence-corrected chi connectivity index (χ4v) is 2.72. The molecule has 2 aromatic rings. The van der Waals surface area contributed by atoms with E-state index in [1.165, 1.54) is 18.2 Å². The van der Waals surface area contributed by atoms with Gasteiger partial charge in [-0.1, -0.05) is 12.1 Å². The van der Waals surface area contributed by atoms with Crippen LogP contribution in [0, 0.1) is 6.92 Å². The first kappa shape index (κ1) is 11.6. The van der Waals surface area contributed by atoms with Gasteiger partial charge in [0.05, 0.1) is 4.90 Å². The van der Waals surface area contributed by atoms with E-state index in [0.717, 1.165) is 5.56 Å². The summed E-state index contributed by atoms with van der Waals surface area (Å²) in [5.41, 5.74) is 0.841. The van der Waals surface area contributed by atoms with Crippen LogP contribution in [0.3, 0.4) is 0 Å². The van der Waals surface area contributed by atoms with Gasteiger partial charge in [-0.15, -0.1) is 0 Å². The van der Waals surface area contributed by atoms with Gasteiger partial charge in [-0.3, -0.25) is 4.79 Å². The normalized spacial score (nSPS) is 11.4. The van der Waals surface area contributed by atoms with Crippen LogP contribution in [0.2, 0.25) is 0 Å². The van der Waals surface area contributed by atoms with Gasteiger partial charge in [-0.05, 0) is 36.8 Å². The van der Waals surface area contributed by atoms with Gasteiger partial charge in [0.2, 0.25) is 14.9 Å². The highest BCUT2D eigenvalue weighted by Crippen LogP contribution is 2.22. The molecule has 5 heteroatoms. The second kappa shape index (κ2) is 4.18. The Morgan fingerprint density at radius 2 is 1.94 bits per heavy atom. The van der Waals surface area contributed by atoms with Crippen LogP contribution < -0.4 is 0 Å². The fraction of sp³-hybridized carbons (Fsp3) is 0.0833. The molecule has 1 aromatic heterocycles. The second-order valence-electron chi connectivity index (χ2n) is 3.59. The predicted molar refractivity (Wildman–Crippen MR) is 60.7 cm³/mol. The first-order chi connectivity index (χ1) is 8.04. The van der Waals surface area contributed by atoms with Crippen molar-refractivity contribution in [3.63, 3.8) is 0 Å². The number of hydrogen-bond donors (Lipinski definition) is 0. The number of carbonyl (C=O) groups is 1. The Hall–Kier alpha value is -1.88. The van der Waals surface area contributed by atoms with Crippen molar-refractivity contribution in [3.05, 3.63) is 47.7 Å². The molecule has 4 nitrogen and oxygen atoms in total. The Bertz CT molecular complexity index is 653. The average Bonchev–Trinajstić information content (AvgIpc) is 2.78. The summed E-state index contributed by atoms with van der Waals surface area (Å²) in [6, 6.07) is 9.12. The molecule has 0 saturated heterocycles. The Kier molecular flexibility index (Phi) is 2.85. The molecule has 2 rings (SSSR count). The van der Waals surface area contributed by atoms with Gasteiger partial charge in [0.15, 0.2) is 12.0 Å². The van der Waals surface area contributed by atoms with Crippen molar-refractivity contribution in [2.75, 3.05) is 0 Å². The zero-order valence-corrected chi connectivity index (χ0v) is 9.90. The van der Waals surface area contributed by atoms with Crippen LogP contribution in [0.15, 0.2) is 50.8 Å². The van der Waals surface area contributed by atoms with Crippen LogP contribution in [0.25, 0.3) is 0 Å². The van der Waals surface area contributed by atoms with Crippen LogP contribution in [0.4, 0.5) is 0 Å². The summed E-state index contributed by atoms with van der Waals surface area (Å²) in [5, 5.41) is -0.217. The molecule has 0 atom stereocenters. The van der Waals surface area contributed by atoms with Crippen molar-refractivity contribution in [3.8, 4) is 0 Å². The summed E-state index contributed by atoms with van der Waals surface area (Å²) in [4.78, 5) is 10.6. The number of carbonyl (C=O) groups excluding carboxylic acids is 1. The van der Waals surface area contributed by atoms with E-state index in [-0.39, 0.29) is 15.7 Å². The Labute approximate surface area is 98.8 Å². The van der Waals surface area contributed by atoms with Crippen LogP contribution in [-0.2, 0) is 9.84 Å². The number of aryl methyl sites for hydroxylation is 1. The number of furan rings is 1. The monoisotopic (exact) mass is 250 g/mol. The summed E-state index contributed by atoms with van der Waals surface area (Å²) in [5.74, 6) is -0.00349. The summed E-state index contributed by atoms with van der Waals surface area (Å²) < 4.78 is 29.1. The van der Waals surface area contributed by atoms with E-state index >= 15 is 0 Å². The van der Waals surface area contributed by atoms with Gasteiger partial charge in [0, 0.05) is 0 Å². The fourth-order valence-electron chi connectivity index (χ4n) is 1.44. The molecule has 0 aliphatic rings. The van der Waals surface area contributed by atoms with Gasteiger partial charge < -0.3 is 4.42 Å². The maximum Gasteiger partial charge on any atom is 0.239 e. The van der Waals surface area contributed by atoms with Crippen molar-refractivity contribution >= 4 is 16.1 Å². The van der Waals surface area contributed by atoms with Crippen molar-refractivity contribution in [1.82, 2.24) is 0 Å². The molecule has 1 heterocycles. The van der Waals surface area contributed by atoms with Crippen LogP contribution >= 0.6 is 0 Å². The highest BCUT2D eigenvalue weighted by molar-refractivity contribution is 7.91. The zero-order valence-electron chi connectivity index (χ0n) is 9.08.